The number of carbonyl (C=O) groups excluding carboxylic acids is 1. The van der Waals surface area contributed by atoms with Gasteiger partial charge in [-0.3, -0.25) is 4.79 Å². The Kier molecular flexibility index (Phi) is 5.84. The molecule has 0 bridgehead atoms. The smallest absolute Gasteiger partial charge is 0.319 e. The van der Waals surface area contributed by atoms with Crippen LogP contribution < -0.4 is 15.4 Å². The Morgan fingerprint density at radius 3 is 2.57 bits per heavy atom. The minimum absolute atomic E-state index is 0.0363. The number of halogens is 1. The quantitative estimate of drug-likeness (QED) is 0.753. The maximum absolute atomic E-state index is 11.8. The first-order valence-corrected chi connectivity index (χ1v) is 6.82. The van der Waals surface area contributed by atoms with E-state index in [1.54, 1.807) is 32.0 Å². The fraction of sp³-hybridized carbons (Fsp3) is 0.429. The number of benzene rings is 1. The predicted octanol–water partition coefficient (Wildman–Crippen LogP) is 2.97. The molecule has 1 atom stereocenters. The van der Waals surface area contributed by atoms with Crippen molar-refractivity contribution in [2.24, 2.45) is 5.41 Å². The van der Waals surface area contributed by atoms with E-state index in [1.807, 2.05) is 0 Å². The fourth-order valence-electron chi connectivity index (χ4n) is 1.55. The van der Waals surface area contributed by atoms with Crippen LogP contribution in [0.4, 0.5) is 10.5 Å². The third kappa shape index (κ3) is 4.53. The van der Waals surface area contributed by atoms with E-state index in [2.05, 4.69) is 10.6 Å². The molecule has 0 aliphatic heterocycles. The summed E-state index contributed by atoms with van der Waals surface area (Å²) in [5.74, 6) is -0.440. The van der Waals surface area contributed by atoms with Crippen LogP contribution in [0.25, 0.3) is 0 Å². The van der Waals surface area contributed by atoms with Gasteiger partial charge in [0.25, 0.3) is 0 Å². The summed E-state index contributed by atoms with van der Waals surface area (Å²) in [6.07, 6.45) is 0.414. The lowest BCUT2D eigenvalue weighted by atomic mass is 9.88. The van der Waals surface area contributed by atoms with E-state index in [9.17, 15) is 9.59 Å². The molecule has 0 aliphatic carbocycles. The third-order valence-corrected chi connectivity index (χ3v) is 3.64. The van der Waals surface area contributed by atoms with E-state index in [0.717, 1.165) is 0 Å². The van der Waals surface area contributed by atoms with Crippen LogP contribution >= 0.6 is 11.6 Å². The average Bonchev–Trinajstić information content (AvgIpc) is 2.44. The molecule has 0 aliphatic rings. The van der Waals surface area contributed by atoms with Crippen molar-refractivity contribution in [2.75, 3.05) is 19.0 Å². The van der Waals surface area contributed by atoms with Crippen molar-refractivity contribution >= 4 is 29.3 Å². The van der Waals surface area contributed by atoms with Crippen molar-refractivity contribution in [3.63, 3.8) is 0 Å². The zero-order valence-corrected chi connectivity index (χ0v) is 13.0. The number of nitrogens with one attached hydrogen (secondary N) is 2. The molecule has 1 aromatic rings. The lowest BCUT2D eigenvalue weighted by Crippen LogP contribution is -2.42. The van der Waals surface area contributed by atoms with Crippen LogP contribution in [-0.2, 0) is 4.79 Å². The van der Waals surface area contributed by atoms with Crippen molar-refractivity contribution in [3.05, 3.63) is 23.2 Å². The molecule has 0 heterocycles. The maximum Gasteiger partial charge on any atom is 0.319 e. The fourth-order valence-corrected chi connectivity index (χ4v) is 1.80. The minimum atomic E-state index is -0.991. The van der Waals surface area contributed by atoms with Gasteiger partial charge >= 0.3 is 12.0 Å². The van der Waals surface area contributed by atoms with Gasteiger partial charge in [-0.1, -0.05) is 18.5 Å². The van der Waals surface area contributed by atoms with Crippen LogP contribution in [0.3, 0.4) is 0 Å². The zero-order chi connectivity index (χ0) is 16.0. The normalized spacial score (nSPS) is 13.1. The Morgan fingerprint density at radius 1 is 1.43 bits per heavy atom. The Labute approximate surface area is 128 Å². The van der Waals surface area contributed by atoms with Gasteiger partial charge in [0.05, 0.1) is 17.5 Å². The number of anilines is 1. The highest BCUT2D eigenvalue weighted by Crippen LogP contribution is 2.27. The average molecular weight is 315 g/mol. The van der Waals surface area contributed by atoms with Gasteiger partial charge in [-0.2, -0.15) is 0 Å². The first-order chi connectivity index (χ1) is 9.82. The van der Waals surface area contributed by atoms with Crippen LogP contribution in [-0.4, -0.2) is 30.8 Å². The van der Waals surface area contributed by atoms with Crippen molar-refractivity contribution in [3.8, 4) is 5.75 Å². The topological polar surface area (TPSA) is 87.7 Å². The van der Waals surface area contributed by atoms with Crippen LogP contribution in [0.2, 0.25) is 5.02 Å². The number of urea groups is 1. The van der Waals surface area contributed by atoms with Crippen molar-refractivity contribution in [1.29, 1.82) is 0 Å². The number of carboxylic acids is 1. The highest BCUT2D eigenvalue weighted by atomic mass is 35.5. The number of carboxylic acid groups (broad SMARTS) is 1. The summed E-state index contributed by atoms with van der Waals surface area (Å²) in [5.41, 5.74) is -0.499. The van der Waals surface area contributed by atoms with Crippen LogP contribution in [0.5, 0.6) is 5.75 Å². The SMILES string of the molecule is CCC(C)(CNC(=O)Nc1ccc(OC)c(Cl)c1)C(=O)O. The second-order valence-corrected chi connectivity index (χ2v) is 5.28. The second-order valence-electron chi connectivity index (χ2n) is 4.88. The molecule has 1 rings (SSSR count). The van der Waals surface area contributed by atoms with Gasteiger partial charge in [-0.05, 0) is 31.5 Å². The highest BCUT2D eigenvalue weighted by molar-refractivity contribution is 6.32. The minimum Gasteiger partial charge on any atom is -0.495 e. The number of amides is 2. The number of methoxy groups -OCH3 is 1. The number of hydrogen-bond donors (Lipinski definition) is 3. The third-order valence-electron chi connectivity index (χ3n) is 3.35. The molecule has 0 saturated carbocycles. The van der Waals surface area contributed by atoms with E-state index in [4.69, 9.17) is 21.4 Å². The maximum atomic E-state index is 11.8. The Hall–Kier alpha value is -1.95. The van der Waals surface area contributed by atoms with Gasteiger partial charge in [0.1, 0.15) is 5.75 Å². The van der Waals surface area contributed by atoms with E-state index in [1.165, 1.54) is 7.11 Å². The van der Waals surface area contributed by atoms with Gasteiger partial charge in [0.2, 0.25) is 0 Å². The monoisotopic (exact) mass is 314 g/mol. The van der Waals surface area contributed by atoms with Gasteiger partial charge in [0.15, 0.2) is 0 Å². The predicted molar refractivity (Wildman–Crippen MR) is 81.1 cm³/mol. The Bertz CT molecular complexity index is 536. The van der Waals surface area contributed by atoms with E-state index in [-0.39, 0.29) is 6.54 Å². The molecule has 0 saturated heterocycles. The molecule has 0 fully saturated rings. The van der Waals surface area contributed by atoms with Crippen LogP contribution in [0.1, 0.15) is 20.3 Å². The van der Waals surface area contributed by atoms with Crippen molar-refractivity contribution in [2.45, 2.75) is 20.3 Å². The zero-order valence-electron chi connectivity index (χ0n) is 12.2. The molecule has 3 N–H and O–H groups in total. The molecule has 1 unspecified atom stereocenters. The molecular weight excluding hydrogens is 296 g/mol. The first kappa shape index (κ1) is 17.1. The number of hydrogen-bond acceptors (Lipinski definition) is 3. The largest absolute Gasteiger partial charge is 0.495 e. The molecular formula is C14H19ClN2O4. The van der Waals surface area contributed by atoms with Crippen molar-refractivity contribution < 1.29 is 19.4 Å². The summed E-state index contributed by atoms with van der Waals surface area (Å²) in [5, 5.41) is 14.6. The van der Waals surface area contributed by atoms with Gasteiger partial charge < -0.3 is 20.5 Å². The van der Waals surface area contributed by atoms with Crippen LogP contribution in [0, 0.1) is 5.41 Å². The van der Waals surface area contributed by atoms with E-state index < -0.39 is 17.4 Å². The summed E-state index contributed by atoms with van der Waals surface area (Å²) in [4.78, 5) is 22.9. The van der Waals surface area contributed by atoms with Crippen LogP contribution in [0.15, 0.2) is 18.2 Å². The molecule has 0 aromatic heterocycles. The summed E-state index contributed by atoms with van der Waals surface area (Å²) in [6, 6.07) is 4.33. The molecule has 21 heavy (non-hydrogen) atoms. The van der Waals surface area contributed by atoms with Crippen molar-refractivity contribution in [1.82, 2.24) is 5.32 Å². The Morgan fingerprint density at radius 2 is 2.10 bits per heavy atom. The number of rotatable bonds is 6. The number of aliphatic carboxylic acids is 1. The lowest BCUT2D eigenvalue weighted by molar-refractivity contribution is -0.147. The molecule has 6 nitrogen and oxygen atoms in total. The van der Waals surface area contributed by atoms with E-state index >= 15 is 0 Å². The second kappa shape index (κ2) is 7.17. The molecule has 1 aromatic carbocycles. The Balaban J connectivity index is 2.62. The lowest BCUT2D eigenvalue weighted by Gasteiger charge is -2.23. The van der Waals surface area contributed by atoms with Gasteiger partial charge in [0, 0.05) is 12.2 Å². The van der Waals surface area contributed by atoms with Gasteiger partial charge in [-0.25, -0.2) is 4.79 Å². The molecule has 0 radical (unpaired) electrons. The molecule has 116 valence electrons. The summed E-state index contributed by atoms with van der Waals surface area (Å²) >= 11 is 5.95. The standard InChI is InChI=1S/C14H19ClN2O4/c1-4-14(2,12(18)19)8-16-13(20)17-9-5-6-11(21-3)10(15)7-9/h5-7H,4,8H2,1-3H3,(H,18,19)(H2,16,17,20). The summed E-state index contributed by atoms with van der Waals surface area (Å²) in [7, 11) is 1.50. The summed E-state index contributed by atoms with van der Waals surface area (Å²) in [6.45, 7) is 3.38. The summed E-state index contributed by atoms with van der Waals surface area (Å²) < 4.78 is 5.01. The highest BCUT2D eigenvalue weighted by Gasteiger charge is 2.31. The van der Waals surface area contributed by atoms with Gasteiger partial charge in [-0.15, -0.1) is 0 Å². The molecule has 0 spiro atoms. The van der Waals surface area contributed by atoms with E-state index in [0.29, 0.717) is 22.9 Å². The molecule has 7 heteroatoms. The number of ether oxygens (including phenoxy) is 1. The molecule has 2 amide bonds. The number of carbonyl (C=O) groups is 2. The first-order valence-electron chi connectivity index (χ1n) is 6.44.